The van der Waals surface area contributed by atoms with E-state index in [1.165, 1.54) is 29.7 Å². The van der Waals surface area contributed by atoms with Crippen molar-refractivity contribution in [3.05, 3.63) is 21.4 Å². The SMILES string of the molecule is NCC1CCCN1C(=O)c1cc2c(s1)CCCCC2. The molecule has 2 N–H and O–H groups in total. The molecule has 1 aliphatic carbocycles. The van der Waals surface area contributed by atoms with E-state index in [-0.39, 0.29) is 11.9 Å². The molecule has 1 fully saturated rings. The third kappa shape index (κ3) is 2.56. The van der Waals surface area contributed by atoms with Gasteiger partial charge in [0.25, 0.3) is 5.91 Å². The third-order valence-corrected chi connectivity index (χ3v) is 5.59. The third-order valence-electron chi connectivity index (χ3n) is 4.37. The monoisotopic (exact) mass is 278 g/mol. The molecule has 1 aromatic rings. The molecule has 2 heterocycles. The summed E-state index contributed by atoms with van der Waals surface area (Å²) in [5.74, 6) is 0.214. The molecule has 0 saturated carbocycles. The molecule has 1 amide bonds. The molecule has 0 aromatic carbocycles. The fourth-order valence-corrected chi connectivity index (χ4v) is 4.47. The van der Waals surface area contributed by atoms with Gasteiger partial charge in [0.05, 0.1) is 4.88 Å². The summed E-state index contributed by atoms with van der Waals surface area (Å²) in [6, 6.07) is 2.41. The van der Waals surface area contributed by atoms with Crippen LogP contribution in [0.1, 0.15) is 52.2 Å². The van der Waals surface area contributed by atoms with Gasteiger partial charge in [0.15, 0.2) is 0 Å². The van der Waals surface area contributed by atoms with Gasteiger partial charge in [-0.1, -0.05) is 6.42 Å². The number of aryl methyl sites for hydroxylation is 2. The van der Waals surface area contributed by atoms with Crippen LogP contribution in [0.5, 0.6) is 0 Å². The van der Waals surface area contributed by atoms with Crippen LogP contribution in [0, 0.1) is 0 Å². The van der Waals surface area contributed by atoms with Crippen LogP contribution in [0.3, 0.4) is 0 Å². The molecule has 1 aliphatic heterocycles. The van der Waals surface area contributed by atoms with Gasteiger partial charge < -0.3 is 10.6 Å². The van der Waals surface area contributed by atoms with E-state index < -0.39 is 0 Å². The molecule has 4 heteroatoms. The second-order valence-electron chi connectivity index (χ2n) is 5.65. The van der Waals surface area contributed by atoms with Crippen LogP contribution in [0.4, 0.5) is 0 Å². The number of amides is 1. The van der Waals surface area contributed by atoms with Crippen LogP contribution in [0.15, 0.2) is 6.07 Å². The summed E-state index contributed by atoms with van der Waals surface area (Å²) in [7, 11) is 0. The van der Waals surface area contributed by atoms with Crippen molar-refractivity contribution < 1.29 is 4.79 Å². The van der Waals surface area contributed by atoms with Gasteiger partial charge in [-0.05, 0) is 50.2 Å². The lowest BCUT2D eigenvalue weighted by Gasteiger charge is -2.22. The van der Waals surface area contributed by atoms with Crippen molar-refractivity contribution in [1.29, 1.82) is 0 Å². The van der Waals surface area contributed by atoms with E-state index in [2.05, 4.69) is 6.07 Å². The van der Waals surface area contributed by atoms with Gasteiger partial charge >= 0.3 is 0 Å². The average molecular weight is 278 g/mol. The largest absolute Gasteiger partial charge is 0.334 e. The Bertz CT molecular complexity index is 445. The highest BCUT2D eigenvalue weighted by molar-refractivity contribution is 7.14. The summed E-state index contributed by atoms with van der Waals surface area (Å²) in [5, 5.41) is 0. The van der Waals surface area contributed by atoms with Gasteiger partial charge in [0, 0.05) is 24.0 Å². The first kappa shape index (κ1) is 13.1. The van der Waals surface area contributed by atoms with Crippen LogP contribution in [-0.4, -0.2) is 29.9 Å². The van der Waals surface area contributed by atoms with E-state index in [4.69, 9.17) is 5.73 Å². The van der Waals surface area contributed by atoms with Crippen LogP contribution in [-0.2, 0) is 12.8 Å². The molecule has 3 rings (SSSR count). The lowest BCUT2D eigenvalue weighted by molar-refractivity contribution is 0.0746. The Morgan fingerprint density at radius 1 is 1.32 bits per heavy atom. The highest BCUT2D eigenvalue weighted by Gasteiger charge is 2.29. The zero-order valence-electron chi connectivity index (χ0n) is 11.4. The smallest absolute Gasteiger partial charge is 0.264 e. The van der Waals surface area contributed by atoms with Crippen molar-refractivity contribution in [1.82, 2.24) is 4.90 Å². The minimum Gasteiger partial charge on any atom is -0.334 e. The maximum atomic E-state index is 12.6. The average Bonchev–Trinajstić information content (AvgIpc) is 3.00. The molecule has 19 heavy (non-hydrogen) atoms. The Kier molecular flexibility index (Phi) is 3.89. The van der Waals surface area contributed by atoms with E-state index in [1.54, 1.807) is 11.3 Å². The van der Waals surface area contributed by atoms with E-state index >= 15 is 0 Å². The maximum absolute atomic E-state index is 12.6. The summed E-state index contributed by atoms with van der Waals surface area (Å²) in [4.78, 5) is 17.0. The molecule has 2 aliphatic rings. The molecule has 0 spiro atoms. The number of rotatable bonds is 2. The van der Waals surface area contributed by atoms with Crippen molar-refractivity contribution in [2.24, 2.45) is 5.73 Å². The number of nitrogens with zero attached hydrogens (tertiary/aromatic N) is 1. The molecule has 1 atom stereocenters. The zero-order chi connectivity index (χ0) is 13.2. The van der Waals surface area contributed by atoms with Crippen molar-refractivity contribution in [2.45, 2.75) is 51.0 Å². The fraction of sp³-hybridized carbons (Fsp3) is 0.667. The van der Waals surface area contributed by atoms with Crippen molar-refractivity contribution in [2.75, 3.05) is 13.1 Å². The van der Waals surface area contributed by atoms with E-state index in [9.17, 15) is 4.79 Å². The summed E-state index contributed by atoms with van der Waals surface area (Å²) in [6.07, 6.45) is 8.34. The van der Waals surface area contributed by atoms with Crippen LogP contribution in [0.25, 0.3) is 0 Å². The second kappa shape index (κ2) is 5.63. The standard InChI is InChI=1S/C15H22N2OS/c16-10-12-6-4-8-17(12)15(18)14-9-11-5-2-1-3-7-13(11)19-14/h9,12H,1-8,10,16H2. The first-order chi connectivity index (χ1) is 9.29. The highest BCUT2D eigenvalue weighted by Crippen LogP contribution is 2.31. The summed E-state index contributed by atoms with van der Waals surface area (Å²) < 4.78 is 0. The summed E-state index contributed by atoms with van der Waals surface area (Å²) in [5.41, 5.74) is 7.19. The Morgan fingerprint density at radius 2 is 2.16 bits per heavy atom. The van der Waals surface area contributed by atoms with Gasteiger partial charge in [0.1, 0.15) is 0 Å². The lowest BCUT2D eigenvalue weighted by Crippen LogP contribution is -2.39. The molecule has 104 valence electrons. The lowest BCUT2D eigenvalue weighted by atomic mass is 10.1. The fourth-order valence-electron chi connectivity index (χ4n) is 3.26. The molecule has 0 radical (unpaired) electrons. The Balaban J connectivity index is 1.80. The number of nitrogens with two attached hydrogens (primary N) is 1. The normalized spacial score (nSPS) is 23.2. The number of thiophene rings is 1. The number of carbonyl (C=O) groups is 1. The quantitative estimate of drug-likeness (QED) is 0.845. The second-order valence-corrected chi connectivity index (χ2v) is 6.79. The number of hydrogen-bond acceptors (Lipinski definition) is 3. The maximum Gasteiger partial charge on any atom is 0.264 e. The van der Waals surface area contributed by atoms with Crippen molar-refractivity contribution >= 4 is 17.2 Å². The first-order valence-corrected chi connectivity index (χ1v) is 8.24. The van der Waals surface area contributed by atoms with Gasteiger partial charge in [0.2, 0.25) is 0 Å². The molecule has 1 saturated heterocycles. The molecular weight excluding hydrogens is 256 g/mol. The minimum atomic E-state index is 0.214. The molecular formula is C15H22N2OS. The molecule has 1 aromatic heterocycles. The summed E-state index contributed by atoms with van der Waals surface area (Å²) >= 11 is 1.72. The van der Waals surface area contributed by atoms with Crippen LogP contribution >= 0.6 is 11.3 Å². The Morgan fingerprint density at radius 3 is 3.00 bits per heavy atom. The highest BCUT2D eigenvalue weighted by atomic mass is 32.1. The van der Waals surface area contributed by atoms with Crippen molar-refractivity contribution in [3.63, 3.8) is 0 Å². The number of hydrogen-bond donors (Lipinski definition) is 1. The van der Waals surface area contributed by atoms with E-state index in [0.717, 1.165) is 37.1 Å². The predicted octanol–water partition coefficient (Wildman–Crippen LogP) is 2.58. The number of carbonyl (C=O) groups excluding carboxylic acids is 1. The van der Waals surface area contributed by atoms with Gasteiger partial charge in [-0.15, -0.1) is 11.3 Å². The zero-order valence-corrected chi connectivity index (χ0v) is 12.2. The topological polar surface area (TPSA) is 46.3 Å². The van der Waals surface area contributed by atoms with E-state index in [0.29, 0.717) is 6.54 Å². The number of likely N-dealkylation sites (tertiary alicyclic amines) is 1. The van der Waals surface area contributed by atoms with Crippen LogP contribution in [0.2, 0.25) is 0 Å². The predicted molar refractivity (Wildman–Crippen MR) is 78.7 cm³/mol. The molecule has 0 bridgehead atoms. The summed E-state index contributed by atoms with van der Waals surface area (Å²) in [6.45, 7) is 1.47. The van der Waals surface area contributed by atoms with Crippen LogP contribution < -0.4 is 5.73 Å². The first-order valence-electron chi connectivity index (χ1n) is 7.42. The van der Waals surface area contributed by atoms with Crippen molar-refractivity contribution in [3.8, 4) is 0 Å². The van der Waals surface area contributed by atoms with Gasteiger partial charge in [-0.2, -0.15) is 0 Å². The minimum absolute atomic E-state index is 0.214. The Hall–Kier alpha value is -0.870. The molecule has 3 nitrogen and oxygen atoms in total. The van der Waals surface area contributed by atoms with Gasteiger partial charge in [-0.25, -0.2) is 0 Å². The van der Waals surface area contributed by atoms with Gasteiger partial charge in [-0.3, -0.25) is 4.79 Å². The molecule has 1 unspecified atom stereocenters. The Labute approximate surface area is 118 Å². The van der Waals surface area contributed by atoms with E-state index in [1.807, 2.05) is 4.90 Å². The number of fused-ring (bicyclic) bond motifs is 1.